The molecule has 0 aliphatic carbocycles. The van der Waals surface area contributed by atoms with Crippen molar-refractivity contribution in [2.45, 2.75) is 38.0 Å². The third-order valence-corrected chi connectivity index (χ3v) is 4.71. The fourth-order valence-electron chi connectivity index (χ4n) is 2.77. The first kappa shape index (κ1) is 16.3. The number of ether oxygens (including phenoxy) is 1. The number of benzene rings is 1. The summed E-state index contributed by atoms with van der Waals surface area (Å²) >= 11 is 0. The Morgan fingerprint density at radius 2 is 1.86 bits per heavy atom. The smallest absolute Gasteiger partial charge is 0.241 e. The van der Waals surface area contributed by atoms with E-state index in [1.165, 1.54) is 19.3 Å². The highest BCUT2D eigenvalue weighted by Gasteiger charge is 2.18. The molecule has 0 spiro atoms. The lowest BCUT2D eigenvalue weighted by Crippen LogP contribution is -2.33. The van der Waals surface area contributed by atoms with Gasteiger partial charge in [-0.15, -0.1) is 0 Å². The fourth-order valence-corrected chi connectivity index (χ4v) is 3.60. The first-order chi connectivity index (χ1) is 9.88. The number of likely N-dealkylation sites (tertiary alicyclic amines) is 1. The van der Waals surface area contributed by atoms with Crippen LogP contribution in [0.1, 0.15) is 30.4 Å². The van der Waals surface area contributed by atoms with Crippen LogP contribution in [0.15, 0.2) is 17.0 Å². The molecule has 1 aliphatic rings. The maximum atomic E-state index is 11.7. The van der Waals surface area contributed by atoms with Crippen LogP contribution < -0.4 is 9.88 Å². The highest BCUT2D eigenvalue weighted by molar-refractivity contribution is 7.89. The molecule has 0 unspecified atom stereocenters. The van der Waals surface area contributed by atoms with Crippen molar-refractivity contribution in [2.24, 2.45) is 5.14 Å². The molecule has 6 heteroatoms. The first-order valence-corrected chi connectivity index (χ1v) is 8.92. The van der Waals surface area contributed by atoms with Crippen molar-refractivity contribution < 1.29 is 13.2 Å². The molecule has 0 amide bonds. The molecule has 5 nitrogen and oxygen atoms in total. The number of sulfonamides is 1. The lowest BCUT2D eigenvalue weighted by molar-refractivity contribution is 0.181. The summed E-state index contributed by atoms with van der Waals surface area (Å²) in [6.45, 7) is 7.18. The fraction of sp³-hybridized carbons (Fsp3) is 0.600. The summed E-state index contributed by atoms with van der Waals surface area (Å²) in [6, 6.07) is 3.48. The second kappa shape index (κ2) is 6.77. The van der Waals surface area contributed by atoms with Gasteiger partial charge >= 0.3 is 0 Å². The van der Waals surface area contributed by atoms with Gasteiger partial charge < -0.3 is 4.74 Å². The van der Waals surface area contributed by atoms with Gasteiger partial charge in [-0.1, -0.05) is 12.5 Å². The summed E-state index contributed by atoms with van der Waals surface area (Å²) in [5.41, 5.74) is 1.66. The predicted molar refractivity (Wildman–Crippen MR) is 83.1 cm³/mol. The van der Waals surface area contributed by atoms with Crippen LogP contribution in [-0.2, 0) is 10.0 Å². The molecule has 1 heterocycles. The second-order valence-corrected chi connectivity index (χ2v) is 7.23. The van der Waals surface area contributed by atoms with E-state index in [-0.39, 0.29) is 4.90 Å². The number of aryl methyl sites for hydroxylation is 2. The van der Waals surface area contributed by atoms with E-state index in [0.29, 0.717) is 12.4 Å². The Bertz CT molecular complexity index is 593. The van der Waals surface area contributed by atoms with Gasteiger partial charge in [0.15, 0.2) is 0 Å². The molecule has 1 saturated heterocycles. The zero-order chi connectivity index (χ0) is 15.5. The van der Waals surface area contributed by atoms with E-state index in [9.17, 15) is 8.42 Å². The zero-order valence-corrected chi connectivity index (χ0v) is 13.6. The van der Waals surface area contributed by atoms with E-state index in [0.717, 1.165) is 30.8 Å². The molecule has 118 valence electrons. The van der Waals surface area contributed by atoms with Gasteiger partial charge in [0.25, 0.3) is 0 Å². The Morgan fingerprint density at radius 1 is 1.19 bits per heavy atom. The largest absolute Gasteiger partial charge is 0.491 e. The number of hydrogen-bond acceptors (Lipinski definition) is 4. The number of hydrogen-bond donors (Lipinski definition) is 1. The monoisotopic (exact) mass is 312 g/mol. The summed E-state index contributed by atoms with van der Waals surface area (Å²) in [7, 11) is -3.77. The molecule has 2 rings (SSSR count). The van der Waals surface area contributed by atoms with Gasteiger partial charge in [-0.3, -0.25) is 4.90 Å². The molecular weight excluding hydrogens is 288 g/mol. The van der Waals surface area contributed by atoms with Gasteiger partial charge in [0.05, 0.1) is 0 Å². The van der Waals surface area contributed by atoms with Crippen LogP contribution in [0.3, 0.4) is 0 Å². The highest BCUT2D eigenvalue weighted by atomic mass is 32.2. The Morgan fingerprint density at radius 3 is 2.48 bits per heavy atom. The van der Waals surface area contributed by atoms with Crippen molar-refractivity contribution in [1.82, 2.24) is 4.90 Å². The summed E-state index contributed by atoms with van der Waals surface area (Å²) in [5, 5.41) is 5.29. The SMILES string of the molecule is Cc1cc(C)c(OCCN2CCCCC2)c(S(N)(=O)=O)c1. The third kappa shape index (κ3) is 4.43. The number of rotatable bonds is 5. The Labute approximate surface area is 127 Å². The quantitative estimate of drug-likeness (QED) is 0.900. The lowest BCUT2D eigenvalue weighted by atomic mass is 10.1. The Balaban J connectivity index is 2.08. The molecule has 1 fully saturated rings. The van der Waals surface area contributed by atoms with Crippen LogP contribution >= 0.6 is 0 Å². The maximum absolute atomic E-state index is 11.7. The van der Waals surface area contributed by atoms with Crippen molar-refractivity contribution in [3.8, 4) is 5.75 Å². The van der Waals surface area contributed by atoms with Gasteiger partial charge in [-0.25, -0.2) is 13.6 Å². The number of primary sulfonamides is 1. The Kier molecular flexibility index (Phi) is 5.24. The average Bonchev–Trinajstić information content (AvgIpc) is 2.41. The minimum Gasteiger partial charge on any atom is -0.491 e. The number of nitrogens with two attached hydrogens (primary N) is 1. The minimum absolute atomic E-state index is 0.0821. The molecule has 1 aromatic rings. The van der Waals surface area contributed by atoms with Crippen molar-refractivity contribution in [2.75, 3.05) is 26.2 Å². The summed E-state index contributed by atoms with van der Waals surface area (Å²) in [6.07, 6.45) is 3.75. The van der Waals surface area contributed by atoms with Crippen molar-refractivity contribution in [3.63, 3.8) is 0 Å². The van der Waals surface area contributed by atoms with Crippen LogP contribution in [0.2, 0.25) is 0 Å². The van der Waals surface area contributed by atoms with E-state index >= 15 is 0 Å². The summed E-state index contributed by atoms with van der Waals surface area (Å²) in [5.74, 6) is 0.389. The maximum Gasteiger partial charge on any atom is 0.241 e. The third-order valence-electron chi connectivity index (χ3n) is 3.79. The van der Waals surface area contributed by atoms with E-state index in [1.54, 1.807) is 6.07 Å². The van der Waals surface area contributed by atoms with Crippen molar-refractivity contribution >= 4 is 10.0 Å². The van der Waals surface area contributed by atoms with E-state index in [1.807, 2.05) is 19.9 Å². The molecular formula is C15H24N2O3S. The molecule has 0 bridgehead atoms. The molecule has 1 aliphatic heterocycles. The number of piperidine rings is 1. The van der Waals surface area contributed by atoms with Crippen molar-refractivity contribution in [1.29, 1.82) is 0 Å². The molecule has 1 aromatic carbocycles. The lowest BCUT2D eigenvalue weighted by Gasteiger charge is -2.26. The first-order valence-electron chi connectivity index (χ1n) is 7.37. The van der Waals surface area contributed by atoms with Gasteiger partial charge in [0.1, 0.15) is 17.3 Å². The topological polar surface area (TPSA) is 72.6 Å². The van der Waals surface area contributed by atoms with E-state index < -0.39 is 10.0 Å². The van der Waals surface area contributed by atoms with Gasteiger partial charge in [0.2, 0.25) is 10.0 Å². The van der Waals surface area contributed by atoms with Crippen LogP contribution in [0.25, 0.3) is 0 Å². The van der Waals surface area contributed by atoms with Crippen molar-refractivity contribution in [3.05, 3.63) is 23.3 Å². The zero-order valence-electron chi connectivity index (χ0n) is 12.8. The van der Waals surface area contributed by atoms with E-state index in [2.05, 4.69) is 4.90 Å². The highest BCUT2D eigenvalue weighted by Crippen LogP contribution is 2.28. The molecule has 0 aromatic heterocycles. The molecule has 0 radical (unpaired) electrons. The minimum atomic E-state index is -3.77. The van der Waals surface area contributed by atoms with Crippen LogP contribution in [0.4, 0.5) is 0 Å². The van der Waals surface area contributed by atoms with Crippen LogP contribution in [-0.4, -0.2) is 39.6 Å². The molecule has 0 atom stereocenters. The molecule has 21 heavy (non-hydrogen) atoms. The molecule has 2 N–H and O–H groups in total. The van der Waals surface area contributed by atoms with Crippen LogP contribution in [0.5, 0.6) is 5.75 Å². The average molecular weight is 312 g/mol. The second-order valence-electron chi connectivity index (χ2n) is 5.70. The number of nitrogens with zero attached hydrogens (tertiary/aromatic N) is 1. The summed E-state index contributed by atoms with van der Waals surface area (Å²) in [4.78, 5) is 2.43. The predicted octanol–water partition coefficient (Wildman–Crippen LogP) is 1.82. The molecule has 0 saturated carbocycles. The standard InChI is InChI=1S/C15H24N2O3S/c1-12-10-13(2)15(14(11-12)21(16,18)19)20-9-8-17-6-4-3-5-7-17/h10-11H,3-9H2,1-2H3,(H2,16,18,19). The van der Waals surface area contributed by atoms with Gasteiger partial charge in [-0.05, 0) is 57.0 Å². The van der Waals surface area contributed by atoms with Crippen LogP contribution in [0, 0.1) is 13.8 Å². The van der Waals surface area contributed by atoms with Gasteiger partial charge in [0, 0.05) is 6.54 Å². The summed E-state index contributed by atoms with van der Waals surface area (Å²) < 4.78 is 29.2. The van der Waals surface area contributed by atoms with E-state index in [4.69, 9.17) is 9.88 Å². The normalized spacial score (nSPS) is 16.9. The van der Waals surface area contributed by atoms with Gasteiger partial charge in [-0.2, -0.15) is 0 Å². The Hall–Kier alpha value is -1.11.